The van der Waals surface area contributed by atoms with Gasteiger partial charge in [0.25, 0.3) is 0 Å². The van der Waals surface area contributed by atoms with Gasteiger partial charge in [0.1, 0.15) is 6.17 Å². The minimum absolute atomic E-state index is 0.193. The first-order chi connectivity index (χ1) is 6.16. The van der Waals surface area contributed by atoms with E-state index in [4.69, 9.17) is 11.5 Å². The van der Waals surface area contributed by atoms with Crippen molar-refractivity contribution in [3.63, 3.8) is 0 Å². The highest BCUT2D eigenvalue weighted by Crippen LogP contribution is 2.12. The molecule has 0 radical (unpaired) electrons. The van der Waals surface area contributed by atoms with Crippen molar-refractivity contribution < 1.29 is 4.79 Å². The molecule has 13 heavy (non-hydrogen) atoms. The van der Waals surface area contributed by atoms with Gasteiger partial charge in [0.15, 0.2) is 5.78 Å². The molecule has 0 aliphatic carbocycles. The maximum Gasteiger partial charge on any atom is 0.199 e. The van der Waals surface area contributed by atoms with Gasteiger partial charge in [-0.1, -0.05) is 6.08 Å². The van der Waals surface area contributed by atoms with Gasteiger partial charge in [-0.2, -0.15) is 0 Å². The van der Waals surface area contributed by atoms with Crippen molar-refractivity contribution in [1.29, 1.82) is 0 Å². The topological polar surface area (TPSA) is 81.1 Å². The second-order valence-electron chi connectivity index (χ2n) is 2.51. The summed E-state index contributed by atoms with van der Waals surface area (Å²) in [4.78, 5) is 11.7. The summed E-state index contributed by atoms with van der Waals surface area (Å²) in [5.74, 6) is -0.254. The minimum atomic E-state index is -0.486. The number of allylic oxidation sites excluding steroid dienone is 3. The van der Waals surface area contributed by atoms with Crippen LogP contribution in [-0.2, 0) is 4.79 Å². The van der Waals surface area contributed by atoms with Crippen molar-refractivity contribution in [3.8, 4) is 0 Å². The first-order valence-electron chi connectivity index (χ1n) is 3.70. The van der Waals surface area contributed by atoms with Crippen molar-refractivity contribution in [3.05, 3.63) is 35.0 Å². The molecule has 5 N–H and O–H groups in total. The number of nitrogens with two attached hydrogens (primary N) is 2. The number of ketones is 1. The maximum atomic E-state index is 11.5. The van der Waals surface area contributed by atoms with Crippen LogP contribution in [0.1, 0.15) is 0 Å². The van der Waals surface area contributed by atoms with Gasteiger partial charge >= 0.3 is 0 Å². The highest BCUT2D eigenvalue weighted by molar-refractivity contribution is 7.85. The van der Waals surface area contributed by atoms with E-state index in [0.29, 0.717) is 5.57 Å². The number of hydrogen-bond acceptors (Lipinski definition) is 5. The van der Waals surface area contributed by atoms with Crippen LogP contribution >= 0.6 is 12.6 Å². The zero-order valence-electron chi connectivity index (χ0n) is 6.90. The van der Waals surface area contributed by atoms with E-state index in [9.17, 15) is 4.79 Å². The molecule has 0 spiro atoms. The molecule has 1 rings (SSSR count). The average molecular weight is 197 g/mol. The van der Waals surface area contributed by atoms with Crippen molar-refractivity contribution in [2.24, 2.45) is 11.5 Å². The van der Waals surface area contributed by atoms with Gasteiger partial charge in [0.05, 0.1) is 4.91 Å². The van der Waals surface area contributed by atoms with Crippen LogP contribution in [0.4, 0.5) is 0 Å². The summed E-state index contributed by atoms with van der Waals surface area (Å²) in [7, 11) is 0. The Bertz CT molecular complexity index is 307. The highest BCUT2D eigenvalue weighted by Gasteiger charge is 2.18. The normalized spacial score (nSPS) is 22.2. The van der Waals surface area contributed by atoms with Crippen LogP contribution in [0.2, 0.25) is 0 Å². The lowest BCUT2D eigenvalue weighted by Gasteiger charge is -2.17. The van der Waals surface area contributed by atoms with E-state index in [1.54, 1.807) is 18.4 Å². The Balaban J connectivity index is 2.88. The van der Waals surface area contributed by atoms with Gasteiger partial charge < -0.3 is 16.8 Å². The largest absolute Gasteiger partial charge is 0.404 e. The van der Waals surface area contributed by atoms with Crippen molar-refractivity contribution in [2.45, 2.75) is 6.17 Å². The Labute approximate surface area is 81.8 Å². The molecule has 1 aliphatic heterocycles. The summed E-state index contributed by atoms with van der Waals surface area (Å²) < 4.78 is 0. The lowest BCUT2D eigenvalue weighted by Crippen LogP contribution is -2.39. The smallest absolute Gasteiger partial charge is 0.199 e. The van der Waals surface area contributed by atoms with Gasteiger partial charge in [-0.05, 0) is 12.3 Å². The second kappa shape index (κ2) is 4.15. The molecule has 1 heterocycles. The molecule has 5 heteroatoms. The number of rotatable bonds is 2. The second-order valence-corrected chi connectivity index (χ2v) is 2.99. The summed E-state index contributed by atoms with van der Waals surface area (Å²) in [5, 5.41) is 2.80. The highest BCUT2D eigenvalue weighted by atomic mass is 32.1. The quantitative estimate of drug-likeness (QED) is 0.359. The fourth-order valence-electron chi connectivity index (χ4n) is 0.945. The number of carbonyl (C=O) groups is 1. The number of dihydropyridines is 1. The molecule has 0 saturated carbocycles. The number of carbonyl (C=O) groups excluding carboxylic acids is 1. The fraction of sp³-hybridized carbons (Fsp3) is 0.125. The van der Waals surface area contributed by atoms with Crippen molar-refractivity contribution >= 4 is 18.4 Å². The summed E-state index contributed by atoms with van der Waals surface area (Å²) in [6.07, 6.45) is 5.68. The maximum absolute atomic E-state index is 11.5. The Hall–Kier alpha value is -1.20. The Morgan fingerprint density at radius 1 is 1.69 bits per heavy atom. The first-order valence-corrected chi connectivity index (χ1v) is 4.15. The van der Waals surface area contributed by atoms with Crippen LogP contribution in [0.3, 0.4) is 0 Å². The zero-order valence-corrected chi connectivity index (χ0v) is 7.79. The SMILES string of the molecule is N/C=C(\S)C(=O)C1=CC=CNC1N. The number of nitrogens with one attached hydrogen (secondary N) is 1. The predicted octanol–water partition coefficient (Wildman–Crippen LogP) is -0.387. The number of Topliss-reactive ketones (excluding diaryl/α,β-unsaturated/α-hetero) is 1. The Kier molecular flexibility index (Phi) is 3.16. The molecule has 0 aromatic rings. The van der Waals surface area contributed by atoms with Crippen LogP contribution in [0, 0.1) is 0 Å². The zero-order chi connectivity index (χ0) is 9.84. The summed E-state index contributed by atoms with van der Waals surface area (Å²) in [6, 6.07) is 0. The minimum Gasteiger partial charge on any atom is -0.404 e. The third-order valence-corrected chi connectivity index (χ3v) is 1.99. The van der Waals surface area contributed by atoms with Gasteiger partial charge in [-0.3, -0.25) is 4.79 Å². The van der Waals surface area contributed by atoms with Crippen LogP contribution < -0.4 is 16.8 Å². The molecule has 0 saturated heterocycles. The summed E-state index contributed by atoms with van der Waals surface area (Å²) in [5.41, 5.74) is 11.2. The molecular formula is C8H11N3OS. The van der Waals surface area contributed by atoms with E-state index in [1.807, 2.05) is 0 Å². The standard InChI is InChI=1S/C8H11N3OS/c9-4-6(13)7(12)5-2-1-3-11-8(5)10/h1-4,8,11,13H,9-10H2/b6-4-. The van der Waals surface area contributed by atoms with Gasteiger partial charge in [0, 0.05) is 11.8 Å². The Morgan fingerprint density at radius 2 is 2.38 bits per heavy atom. The number of hydrogen-bond donors (Lipinski definition) is 4. The van der Waals surface area contributed by atoms with E-state index >= 15 is 0 Å². The van der Waals surface area contributed by atoms with E-state index < -0.39 is 6.17 Å². The fourth-order valence-corrected chi connectivity index (χ4v) is 1.07. The molecule has 0 bridgehead atoms. The van der Waals surface area contributed by atoms with Gasteiger partial charge in [0.2, 0.25) is 0 Å². The predicted molar refractivity (Wildman–Crippen MR) is 54.6 cm³/mol. The molecule has 0 aromatic heterocycles. The molecule has 4 nitrogen and oxygen atoms in total. The summed E-state index contributed by atoms with van der Waals surface area (Å²) in [6.45, 7) is 0. The molecule has 70 valence electrons. The van der Waals surface area contributed by atoms with E-state index in [-0.39, 0.29) is 10.7 Å². The van der Waals surface area contributed by atoms with Crippen molar-refractivity contribution in [1.82, 2.24) is 5.32 Å². The monoisotopic (exact) mass is 197 g/mol. The summed E-state index contributed by atoms with van der Waals surface area (Å²) >= 11 is 3.91. The molecule has 0 amide bonds. The third-order valence-electron chi connectivity index (χ3n) is 1.64. The van der Waals surface area contributed by atoms with E-state index in [2.05, 4.69) is 17.9 Å². The van der Waals surface area contributed by atoms with Crippen LogP contribution in [0.25, 0.3) is 0 Å². The molecule has 1 unspecified atom stereocenters. The van der Waals surface area contributed by atoms with Crippen LogP contribution in [0.5, 0.6) is 0 Å². The molecule has 1 aliphatic rings. The molecule has 1 atom stereocenters. The number of thiol groups is 1. The molecular weight excluding hydrogens is 186 g/mol. The molecule has 0 fully saturated rings. The lowest BCUT2D eigenvalue weighted by molar-refractivity contribution is -0.111. The molecule has 0 aromatic carbocycles. The van der Waals surface area contributed by atoms with Crippen LogP contribution in [0.15, 0.2) is 35.0 Å². The lowest BCUT2D eigenvalue weighted by atomic mass is 10.1. The van der Waals surface area contributed by atoms with Crippen LogP contribution in [-0.4, -0.2) is 11.9 Å². The first kappa shape index (κ1) is 9.88. The van der Waals surface area contributed by atoms with Crippen molar-refractivity contribution in [2.75, 3.05) is 0 Å². The van der Waals surface area contributed by atoms with Gasteiger partial charge in [-0.15, -0.1) is 12.6 Å². The third kappa shape index (κ3) is 2.13. The van der Waals surface area contributed by atoms with Gasteiger partial charge in [-0.25, -0.2) is 0 Å². The van der Waals surface area contributed by atoms with E-state index in [0.717, 1.165) is 6.20 Å². The van der Waals surface area contributed by atoms with E-state index in [1.165, 1.54) is 0 Å². The Morgan fingerprint density at radius 3 is 2.92 bits per heavy atom. The average Bonchev–Trinajstić information content (AvgIpc) is 2.16.